The maximum atomic E-state index is 12.5. The molecule has 0 spiro atoms. The third kappa shape index (κ3) is 3.33. The Balaban J connectivity index is 3.63. The van der Waals surface area contributed by atoms with Crippen molar-refractivity contribution in [2.45, 2.75) is 12.5 Å². The van der Waals surface area contributed by atoms with Crippen LogP contribution in [0, 0.1) is 10.1 Å². The molecular formula is C8H2F6N2O4. The quantitative estimate of drug-likeness (QED) is 0.371. The minimum absolute atomic E-state index is 0.0725. The fourth-order valence-corrected chi connectivity index (χ4v) is 1.19. The molecule has 0 saturated carbocycles. The number of pyridine rings is 1. The molecule has 0 fully saturated rings. The number of alkyl halides is 6. The molecule has 6 nitrogen and oxygen atoms in total. The first kappa shape index (κ1) is 15.7. The van der Waals surface area contributed by atoms with Crippen LogP contribution in [0.5, 0.6) is 5.75 Å². The zero-order valence-electron chi connectivity index (χ0n) is 8.95. The van der Waals surface area contributed by atoms with Gasteiger partial charge in [0, 0.05) is 0 Å². The van der Waals surface area contributed by atoms with Gasteiger partial charge in [-0.2, -0.15) is 13.2 Å². The Labute approximate surface area is 105 Å². The van der Waals surface area contributed by atoms with E-state index in [-0.39, 0.29) is 6.20 Å². The van der Waals surface area contributed by atoms with Crippen LogP contribution in [-0.2, 0) is 6.18 Å². The number of aldehydes is 1. The molecule has 0 aliphatic rings. The predicted molar refractivity (Wildman–Crippen MR) is 48.0 cm³/mol. The van der Waals surface area contributed by atoms with Gasteiger partial charge in [0.15, 0.2) is 12.0 Å². The minimum atomic E-state index is -5.52. The predicted octanol–water partition coefficient (Wildman–Crippen LogP) is 2.72. The number of carbonyl (C=O) groups excluding carboxylic acids is 1. The van der Waals surface area contributed by atoms with E-state index in [1.165, 1.54) is 0 Å². The molecule has 0 aliphatic carbocycles. The van der Waals surface area contributed by atoms with Gasteiger partial charge >= 0.3 is 18.2 Å². The summed E-state index contributed by atoms with van der Waals surface area (Å²) in [6.45, 7) is 0. The second-order valence-electron chi connectivity index (χ2n) is 3.16. The van der Waals surface area contributed by atoms with Crippen molar-refractivity contribution in [3.05, 3.63) is 27.6 Å². The fraction of sp³-hybridized carbons (Fsp3) is 0.250. The molecule has 1 aromatic rings. The first-order chi connectivity index (χ1) is 8.97. The summed E-state index contributed by atoms with van der Waals surface area (Å²) in [5.74, 6) is -1.86. The molecule has 0 amide bonds. The summed E-state index contributed by atoms with van der Waals surface area (Å²) in [7, 11) is 0. The van der Waals surface area contributed by atoms with Crippen LogP contribution in [0.2, 0.25) is 0 Å². The number of nitrogens with zero attached hydrogens (tertiary/aromatic N) is 2. The van der Waals surface area contributed by atoms with E-state index in [1.54, 1.807) is 0 Å². The molecule has 110 valence electrons. The molecule has 0 aromatic carbocycles. The second-order valence-corrected chi connectivity index (χ2v) is 3.16. The van der Waals surface area contributed by atoms with Crippen LogP contribution in [0.25, 0.3) is 0 Å². The number of rotatable bonds is 3. The average molecular weight is 304 g/mol. The molecule has 0 aliphatic heterocycles. The largest absolute Gasteiger partial charge is 0.573 e. The van der Waals surface area contributed by atoms with Crippen LogP contribution in [0.1, 0.15) is 16.1 Å². The van der Waals surface area contributed by atoms with E-state index in [4.69, 9.17) is 0 Å². The third-order valence-electron chi connectivity index (χ3n) is 1.85. The van der Waals surface area contributed by atoms with Crippen molar-refractivity contribution in [1.82, 2.24) is 4.98 Å². The van der Waals surface area contributed by atoms with E-state index in [0.717, 1.165) is 0 Å². The molecule has 0 saturated heterocycles. The number of ether oxygens (including phenoxy) is 1. The Morgan fingerprint density at radius 1 is 1.25 bits per heavy atom. The highest BCUT2D eigenvalue weighted by Gasteiger charge is 2.42. The maximum absolute atomic E-state index is 12.5. The Morgan fingerprint density at radius 2 is 1.80 bits per heavy atom. The highest BCUT2D eigenvalue weighted by atomic mass is 19.4. The standard InChI is InChI=1S/C8H2F6N2O4/c9-7(10,11)6-3(2-17)5(20-8(12,13)14)4(1-15-6)16(18)19/h1-2H. The summed E-state index contributed by atoms with van der Waals surface area (Å²) >= 11 is 0. The maximum Gasteiger partial charge on any atom is 0.573 e. The second kappa shape index (κ2) is 4.94. The van der Waals surface area contributed by atoms with Crippen molar-refractivity contribution in [3.63, 3.8) is 0 Å². The Morgan fingerprint density at radius 3 is 2.15 bits per heavy atom. The molecule has 0 N–H and O–H groups in total. The van der Waals surface area contributed by atoms with Crippen molar-refractivity contribution < 1.29 is 40.8 Å². The summed E-state index contributed by atoms with van der Waals surface area (Å²) in [6.07, 6.45) is -11.5. The van der Waals surface area contributed by atoms with Crippen LogP contribution in [0.3, 0.4) is 0 Å². The first-order valence-electron chi connectivity index (χ1n) is 4.43. The van der Waals surface area contributed by atoms with Gasteiger partial charge < -0.3 is 4.74 Å². The van der Waals surface area contributed by atoms with Crippen LogP contribution in [0.4, 0.5) is 32.0 Å². The van der Waals surface area contributed by atoms with E-state index in [0.29, 0.717) is 0 Å². The average Bonchev–Trinajstić information content (AvgIpc) is 2.24. The van der Waals surface area contributed by atoms with Crippen molar-refractivity contribution in [2.75, 3.05) is 0 Å². The number of nitro groups is 1. The molecule has 1 heterocycles. The highest BCUT2D eigenvalue weighted by molar-refractivity contribution is 5.83. The lowest BCUT2D eigenvalue weighted by Gasteiger charge is -2.14. The molecular weight excluding hydrogens is 302 g/mol. The summed E-state index contributed by atoms with van der Waals surface area (Å²) in [5.41, 5.74) is -5.24. The van der Waals surface area contributed by atoms with Gasteiger partial charge in [0.1, 0.15) is 6.20 Å². The van der Waals surface area contributed by atoms with Crippen LogP contribution >= 0.6 is 0 Å². The van der Waals surface area contributed by atoms with Crippen LogP contribution in [0.15, 0.2) is 6.20 Å². The molecule has 0 unspecified atom stereocenters. The summed E-state index contributed by atoms with van der Waals surface area (Å²) in [6, 6.07) is 0. The zero-order chi connectivity index (χ0) is 15.7. The van der Waals surface area contributed by atoms with Gasteiger partial charge in [0.2, 0.25) is 5.75 Å². The van der Waals surface area contributed by atoms with E-state index in [9.17, 15) is 41.3 Å². The molecule has 0 radical (unpaired) electrons. The van der Waals surface area contributed by atoms with Gasteiger partial charge in [-0.1, -0.05) is 0 Å². The van der Waals surface area contributed by atoms with Gasteiger partial charge in [0.25, 0.3) is 0 Å². The Kier molecular flexibility index (Phi) is 3.87. The lowest BCUT2D eigenvalue weighted by atomic mass is 10.1. The van der Waals surface area contributed by atoms with E-state index in [1.807, 2.05) is 0 Å². The fourth-order valence-electron chi connectivity index (χ4n) is 1.19. The number of halogens is 6. The van der Waals surface area contributed by atoms with E-state index < -0.39 is 46.4 Å². The molecule has 1 aromatic heterocycles. The van der Waals surface area contributed by atoms with Gasteiger partial charge in [-0.05, 0) is 0 Å². The lowest BCUT2D eigenvalue weighted by molar-refractivity contribution is -0.389. The monoisotopic (exact) mass is 304 g/mol. The van der Waals surface area contributed by atoms with Crippen molar-refractivity contribution in [1.29, 1.82) is 0 Å². The highest BCUT2D eigenvalue weighted by Crippen LogP contribution is 2.40. The molecule has 0 atom stereocenters. The molecule has 12 heteroatoms. The first-order valence-corrected chi connectivity index (χ1v) is 4.43. The number of carbonyl (C=O) groups is 1. The van der Waals surface area contributed by atoms with Crippen LogP contribution < -0.4 is 4.74 Å². The van der Waals surface area contributed by atoms with E-state index in [2.05, 4.69) is 9.72 Å². The third-order valence-corrected chi connectivity index (χ3v) is 1.85. The molecule has 1 rings (SSSR count). The minimum Gasteiger partial charge on any atom is -0.397 e. The SMILES string of the molecule is O=Cc1c(C(F)(F)F)ncc([N+](=O)[O-])c1OC(F)(F)F. The van der Waals surface area contributed by atoms with E-state index >= 15 is 0 Å². The molecule has 0 bridgehead atoms. The summed E-state index contributed by atoms with van der Waals surface area (Å²) in [5, 5.41) is 10.5. The molecule has 20 heavy (non-hydrogen) atoms. The topological polar surface area (TPSA) is 82.3 Å². The summed E-state index contributed by atoms with van der Waals surface area (Å²) in [4.78, 5) is 22.1. The number of hydrogen-bond acceptors (Lipinski definition) is 5. The zero-order valence-corrected chi connectivity index (χ0v) is 8.95. The van der Waals surface area contributed by atoms with Gasteiger partial charge in [-0.25, -0.2) is 4.98 Å². The normalized spacial score (nSPS) is 12.1. The van der Waals surface area contributed by atoms with Gasteiger partial charge in [-0.3, -0.25) is 14.9 Å². The Bertz CT molecular complexity index is 553. The number of aromatic nitrogens is 1. The van der Waals surface area contributed by atoms with Gasteiger partial charge in [-0.15, -0.1) is 13.2 Å². The lowest BCUT2D eigenvalue weighted by Crippen LogP contribution is -2.21. The van der Waals surface area contributed by atoms with Crippen LogP contribution in [-0.4, -0.2) is 22.6 Å². The smallest absolute Gasteiger partial charge is 0.397 e. The van der Waals surface area contributed by atoms with Gasteiger partial charge in [0.05, 0.1) is 10.5 Å². The number of hydrogen-bond donors (Lipinski definition) is 0. The van der Waals surface area contributed by atoms with Crippen molar-refractivity contribution >= 4 is 12.0 Å². The Hall–Kier alpha value is -2.40. The van der Waals surface area contributed by atoms with Crippen molar-refractivity contribution in [3.8, 4) is 5.75 Å². The van der Waals surface area contributed by atoms with Crippen molar-refractivity contribution in [2.24, 2.45) is 0 Å². The summed E-state index contributed by atoms with van der Waals surface area (Å²) < 4.78 is 76.7.